The van der Waals surface area contributed by atoms with Crippen molar-refractivity contribution in [1.82, 2.24) is 5.32 Å². The van der Waals surface area contributed by atoms with Gasteiger partial charge in [-0.2, -0.15) is 11.8 Å². The molecule has 1 aliphatic carbocycles. The minimum absolute atomic E-state index is 0.417. The third-order valence-corrected chi connectivity index (χ3v) is 5.14. The standard InChI is InChI=1S/C16H25NO2S/c1-4-17-16-14-11-13(19-3)7-5-12(14)6-8-15(16)20-10-9-18-2/h5,7,11,15-17H,4,6,8-10H2,1-3H3. The number of rotatable bonds is 7. The van der Waals surface area contributed by atoms with Gasteiger partial charge in [-0.25, -0.2) is 0 Å². The molecule has 0 saturated carbocycles. The molecule has 4 heteroatoms. The van der Waals surface area contributed by atoms with Crippen LogP contribution in [0.5, 0.6) is 5.75 Å². The van der Waals surface area contributed by atoms with Crippen molar-refractivity contribution >= 4 is 11.8 Å². The molecule has 1 aromatic rings. The zero-order valence-corrected chi connectivity index (χ0v) is 13.5. The predicted octanol–water partition coefficient (Wildman–Crippen LogP) is 3.04. The first-order valence-corrected chi connectivity index (χ1v) is 8.35. The molecular formula is C16H25NO2S. The fourth-order valence-corrected chi connectivity index (χ4v) is 4.09. The molecule has 0 radical (unpaired) electrons. The highest BCUT2D eigenvalue weighted by Crippen LogP contribution is 2.38. The van der Waals surface area contributed by atoms with Crippen LogP contribution in [-0.2, 0) is 11.2 Å². The summed E-state index contributed by atoms with van der Waals surface area (Å²) >= 11 is 2.02. The molecule has 0 saturated heterocycles. The molecule has 1 N–H and O–H groups in total. The summed E-state index contributed by atoms with van der Waals surface area (Å²) in [6, 6.07) is 6.90. The molecule has 0 aromatic heterocycles. The van der Waals surface area contributed by atoms with Crippen LogP contribution in [-0.4, -0.2) is 38.4 Å². The Bertz CT molecular complexity index is 425. The Labute approximate surface area is 126 Å². The number of methoxy groups -OCH3 is 2. The highest BCUT2D eigenvalue weighted by Gasteiger charge is 2.29. The van der Waals surface area contributed by atoms with Gasteiger partial charge < -0.3 is 14.8 Å². The number of fused-ring (bicyclic) bond motifs is 1. The molecule has 20 heavy (non-hydrogen) atoms. The molecule has 0 amide bonds. The molecule has 0 aliphatic heterocycles. The van der Waals surface area contributed by atoms with Gasteiger partial charge in [-0.05, 0) is 42.6 Å². The van der Waals surface area contributed by atoms with Crippen molar-refractivity contribution in [2.45, 2.75) is 31.1 Å². The second kappa shape index (κ2) is 7.91. The third kappa shape index (κ3) is 3.68. The van der Waals surface area contributed by atoms with Gasteiger partial charge in [0.1, 0.15) is 5.75 Å². The van der Waals surface area contributed by atoms with Crippen LogP contribution in [0, 0.1) is 0 Å². The van der Waals surface area contributed by atoms with E-state index in [-0.39, 0.29) is 0 Å². The first-order valence-electron chi connectivity index (χ1n) is 7.30. The van der Waals surface area contributed by atoms with Crippen molar-refractivity contribution in [3.63, 3.8) is 0 Å². The Kier molecular flexibility index (Phi) is 6.20. The van der Waals surface area contributed by atoms with Gasteiger partial charge in [-0.1, -0.05) is 13.0 Å². The molecule has 1 aliphatic rings. The van der Waals surface area contributed by atoms with Crippen molar-refractivity contribution in [2.75, 3.05) is 33.1 Å². The van der Waals surface area contributed by atoms with Crippen LogP contribution in [0.1, 0.15) is 30.5 Å². The van der Waals surface area contributed by atoms with E-state index in [0.717, 1.165) is 31.1 Å². The maximum atomic E-state index is 5.39. The Balaban J connectivity index is 2.17. The normalized spacial score (nSPS) is 21.6. The zero-order chi connectivity index (χ0) is 14.4. The molecule has 0 bridgehead atoms. The SMILES string of the molecule is CCNC1c2cc(OC)ccc2CCC1SCCOC. The molecular weight excluding hydrogens is 270 g/mol. The van der Waals surface area contributed by atoms with E-state index in [9.17, 15) is 0 Å². The summed E-state index contributed by atoms with van der Waals surface area (Å²) in [5, 5.41) is 4.27. The molecule has 2 atom stereocenters. The third-order valence-electron chi connectivity index (χ3n) is 3.80. The maximum absolute atomic E-state index is 5.39. The van der Waals surface area contributed by atoms with Gasteiger partial charge in [0.25, 0.3) is 0 Å². The van der Waals surface area contributed by atoms with Gasteiger partial charge in [0.05, 0.1) is 13.7 Å². The van der Waals surface area contributed by atoms with E-state index < -0.39 is 0 Å². The quantitative estimate of drug-likeness (QED) is 0.783. The number of ether oxygens (including phenoxy) is 2. The summed E-state index contributed by atoms with van der Waals surface area (Å²) in [5.74, 6) is 2.01. The van der Waals surface area contributed by atoms with Crippen LogP contribution in [0.25, 0.3) is 0 Å². The summed E-state index contributed by atoms with van der Waals surface area (Å²) in [7, 11) is 3.50. The monoisotopic (exact) mass is 295 g/mol. The molecule has 3 nitrogen and oxygen atoms in total. The predicted molar refractivity (Wildman–Crippen MR) is 85.9 cm³/mol. The fourth-order valence-electron chi connectivity index (χ4n) is 2.81. The minimum atomic E-state index is 0.417. The van der Waals surface area contributed by atoms with Crippen molar-refractivity contribution in [3.05, 3.63) is 29.3 Å². The summed E-state index contributed by atoms with van der Waals surface area (Å²) in [6.45, 7) is 3.99. The van der Waals surface area contributed by atoms with E-state index in [1.54, 1.807) is 14.2 Å². The van der Waals surface area contributed by atoms with Gasteiger partial charge in [0.2, 0.25) is 0 Å². The summed E-state index contributed by atoms with van der Waals surface area (Å²) < 4.78 is 10.6. The molecule has 112 valence electrons. The number of nitrogens with one attached hydrogen (secondary N) is 1. The van der Waals surface area contributed by atoms with E-state index in [2.05, 4.69) is 30.4 Å². The van der Waals surface area contributed by atoms with Gasteiger partial charge in [0, 0.05) is 24.2 Å². The summed E-state index contributed by atoms with van der Waals surface area (Å²) in [5.41, 5.74) is 2.87. The van der Waals surface area contributed by atoms with Gasteiger partial charge in [-0.15, -0.1) is 0 Å². The topological polar surface area (TPSA) is 30.5 Å². The molecule has 2 rings (SSSR count). The highest BCUT2D eigenvalue weighted by molar-refractivity contribution is 7.99. The average molecular weight is 295 g/mol. The van der Waals surface area contributed by atoms with Gasteiger partial charge in [0.15, 0.2) is 0 Å². The first-order chi connectivity index (χ1) is 9.80. The second-order valence-electron chi connectivity index (χ2n) is 5.04. The lowest BCUT2D eigenvalue weighted by molar-refractivity contribution is 0.218. The summed E-state index contributed by atoms with van der Waals surface area (Å²) in [6.07, 6.45) is 2.39. The Morgan fingerprint density at radius 1 is 1.35 bits per heavy atom. The lowest BCUT2D eigenvalue weighted by atomic mass is 9.87. The average Bonchev–Trinajstić information content (AvgIpc) is 2.49. The second-order valence-corrected chi connectivity index (χ2v) is 6.39. The molecule has 2 unspecified atom stereocenters. The Morgan fingerprint density at radius 3 is 2.90 bits per heavy atom. The smallest absolute Gasteiger partial charge is 0.119 e. The van der Waals surface area contributed by atoms with Crippen molar-refractivity contribution in [1.29, 1.82) is 0 Å². The van der Waals surface area contributed by atoms with Crippen molar-refractivity contribution < 1.29 is 9.47 Å². The summed E-state index contributed by atoms with van der Waals surface area (Å²) in [4.78, 5) is 0. The number of thioether (sulfide) groups is 1. The number of hydrogen-bond donors (Lipinski definition) is 1. The number of hydrogen-bond acceptors (Lipinski definition) is 4. The largest absolute Gasteiger partial charge is 0.497 e. The van der Waals surface area contributed by atoms with Crippen LogP contribution in [0.2, 0.25) is 0 Å². The molecule has 1 aromatic carbocycles. The van der Waals surface area contributed by atoms with Crippen molar-refractivity contribution in [2.24, 2.45) is 0 Å². The first kappa shape index (κ1) is 15.7. The zero-order valence-electron chi connectivity index (χ0n) is 12.6. The lowest BCUT2D eigenvalue weighted by Gasteiger charge is -2.34. The van der Waals surface area contributed by atoms with E-state index >= 15 is 0 Å². The van der Waals surface area contributed by atoms with Gasteiger partial charge in [-0.3, -0.25) is 0 Å². The molecule has 0 spiro atoms. The Hall–Kier alpha value is -0.710. The van der Waals surface area contributed by atoms with Crippen LogP contribution >= 0.6 is 11.8 Å². The van der Waals surface area contributed by atoms with E-state index in [1.165, 1.54) is 17.5 Å². The molecule has 0 fully saturated rings. The van der Waals surface area contributed by atoms with Crippen LogP contribution < -0.4 is 10.1 Å². The lowest BCUT2D eigenvalue weighted by Crippen LogP contribution is -2.34. The van der Waals surface area contributed by atoms with Crippen LogP contribution in [0.4, 0.5) is 0 Å². The van der Waals surface area contributed by atoms with E-state index in [0.29, 0.717) is 11.3 Å². The van der Waals surface area contributed by atoms with Gasteiger partial charge >= 0.3 is 0 Å². The minimum Gasteiger partial charge on any atom is -0.497 e. The number of benzene rings is 1. The van der Waals surface area contributed by atoms with Crippen LogP contribution in [0.15, 0.2) is 18.2 Å². The maximum Gasteiger partial charge on any atom is 0.119 e. The highest BCUT2D eigenvalue weighted by atomic mass is 32.2. The van der Waals surface area contributed by atoms with E-state index in [4.69, 9.17) is 9.47 Å². The van der Waals surface area contributed by atoms with E-state index in [1.807, 2.05) is 11.8 Å². The Morgan fingerprint density at radius 2 is 2.20 bits per heavy atom. The number of aryl methyl sites for hydroxylation is 1. The fraction of sp³-hybridized carbons (Fsp3) is 0.625. The van der Waals surface area contributed by atoms with Crippen LogP contribution in [0.3, 0.4) is 0 Å². The molecule has 0 heterocycles. The van der Waals surface area contributed by atoms with Crippen molar-refractivity contribution in [3.8, 4) is 5.75 Å².